The van der Waals surface area contributed by atoms with E-state index in [1.165, 1.54) is 77.2 Å². The van der Waals surface area contributed by atoms with Crippen LogP contribution in [-0.2, 0) is 12.8 Å². The van der Waals surface area contributed by atoms with Crippen molar-refractivity contribution in [2.45, 2.75) is 25.7 Å². The van der Waals surface area contributed by atoms with E-state index in [2.05, 4.69) is 155 Å². The van der Waals surface area contributed by atoms with E-state index in [1.54, 1.807) is 11.1 Å². The van der Waals surface area contributed by atoms with Crippen molar-refractivity contribution in [1.82, 2.24) is 9.13 Å². The summed E-state index contributed by atoms with van der Waals surface area (Å²) in [6.45, 7) is 0. The second kappa shape index (κ2) is 9.95. The summed E-state index contributed by atoms with van der Waals surface area (Å²) in [5.41, 5.74) is 13.3. The van der Waals surface area contributed by atoms with Gasteiger partial charge in [-0.25, -0.2) is 0 Å². The maximum absolute atomic E-state index is 2.49. The molecule has 2 aliphatic rings. The van der Waals surface area contributed by atoms with Crippen molar-refractivity contribution < 1.29 is 0 Å². The molecular formula is C44H32N2. The summed E-state index contributed by atoms with van der Waals surface area (Å²) in [4.78, 5) is 0. The number of rotatable bonds is 3. The number of para-hydroxylation sites is 2. The largest absolute Gasteiger partial charge is 0.310 e. The van der Waals surface area contributed by atoms with Crippen molar-refractivity contribution in [2.24, 2.45) is 0 Å². The van der Waals surface area contributed by atoms with Crippen LogP contribution in [0.25, 0.3) is 78.0 Å². The number of benzene rings is 6. The zero-order valence-corrected chi connectivity index (χ0v) is 25.6. The van der Waals surface area contributed by atoms with Crippen molar-refractivity contribution in [1.29, 1.82) is 0 Å². The van der Waals surface area contributed by atoms with Gasteiger partial charge in [-0.2, -0.15) is 0 Å². The van der Waals surface area contributed by atoms with E-state index >= 15 is 0 Å². The summed E-state index contributed by atoms with van der Waals surface area (Å²) in [6.07, 6.45) is 13.9. The third-order valence-electron chi connectivity index (χ3n) is 10.3. The van der Waals surface area contributed by atoms with Crippen LogP contribution in [0.1, 0.15) is 35.4 Å². The predicted octanol–water partition coefficient (Wildman–Crippen LogP) is 11.5. The minimum Gasteiger partial charge on any atom is -0.310 e. The summed E-state index contributed by atoms with van der Waals surface area (Å²) in [6, 6.07) is 44.9. The van der Waals surface area contributed by atoms with Crippen LogP contribution in [0.4, 0.5) is 0 Å². The Balaban J connectivity index is 1.23. The molecule has 0 saturated carbocycles. The molecule has 0 saturated heterocycles. The molecule has 2 nitrogen and oxygen atoms in total. The maximum atomic E-state index is 2.49. The van der Waals surface area contributed by atoms with Crippen LogP contribution in [0.15, 0.2) is 133 Å². The fraction of sp³-hybridized carbons (Fsp3) is 0.0909. The summed E-state index contributed by atoms with van der Waals surface area (Å²) in [5.74, 6) is 0. The predicted molar refractivity (Wildman–Crippen MR) is 195 cm³/mol. The van der Waals surface area contributed by atoms with Crippen molar-refractivity contribution in [3.63, 3.8) is 0 Å². The molecule has 8 aromatic rings. The van der Waals surface area contributed by atoms with E-state index in [9.17, 15) is 0 Å². The first-order valence-electron chi connectivity index (χ1n) is 16.5. The normalized spacial score (nSPS) is 14.0. The average Bonchev–Trinajstić information content (AvgIpc) is 3.64. The van der Waals surface area contributed by atoms with Crippen LogP contribution in [-0.4, -0.2) is 9.13 Å². The molecule has 2 aliphatic carbocycles. The Morgan fingerprint density at radius 2 is 0.870 bits per heavy atom. The summed E-state index contributed by atoms with van der Waals surface area (Å²) in [5, 5.41) is 7.63. The maximum Gasteiger partial charge on any atom is 0.0619 e. The van der Waals surface area contributed by atoms with Gasteiger partial charge in [-0.15, -0.1) is 0 Å². The Morgan fingerprint density at radius 1 is 0.413 bits per heavy atom. The van der Waals surface area contributed by atoms with E-state index in [-0.39, 0.29) is 0 Å². The van der Waals surface area contributed by atoms with Gasteiger partial charge in [0.1, 0.15) is 0 Å². The number of fused-ring (bicyclic) bond motifs is 8. The standard InChI is InChI=1S/C44H32N2/c1-3-19-37-35(17-1)43(29-25-27-30(28-26-29)45-39-21-9-5-13-31(39)32-14-6-10-22-40(32)45)36-18-2-4-20-38(36)44(37)46-41-23-11-7-15-33(41)34-16-8-12-24-42(34)46/h1-4,7-12,15-28H,5-6,13-14H2. The first-order valence-corrected chi connectivity index (χ1v) is 16.5. The van der Waals surface area contributed by atoms with Gasteiger partial charge in [0, 0.05) is 38.6 Å². The SMILES string of the molecule is C1=Cc2c(c3c(n2-c2ccc(-c4c5ccccc5c(-n5c6ccccc6c6ccccc65)c5ccccc45)cc2)C=CCC3)CC1. The Morgan fingerprint density at radius 3 is 1.39 bits per heavy atom. The number of nitrogens with zero attached hydrogens (tertiary/aromatic N) is 2. The molecule has 10 rings (SSSR count). The molecule has 0 amide bonds. The fourth-order valence-electron chi connectivity index (χ4n) is 8.34. The van der Waals surface area contributed by atoms with Gasteiger partial charge >= 0.3 is 0 Å². The molecular weight excluding hydrogens is 556 g/mol. The quantitative estimate of drug-likeness (QED) is 0.182. The molecule has 0 spiro atoms. The fourth-order valence-corrected chi connectivity index (χ4v) is 8.34. The van der Waals surface area contributed by atoms with Gasteiger partial charge in [-0.3, -0.25) is 0 Å². The Bertz CT molecular complexity index is 2420. The topological polar surface area (TPSA) is 9.86 Å². The second-order valence-corrected chi connectivity index (χ2v) is 12.7. The third-order valence-corrected chi connectivity index (χ3v) is 10.3. The Kier molecular flexibility index (Phi) is 5.56. The minimum absolute atomic E-state index is 1.14. The molecule has 0 radical (unpaired) electrons. The smallest absolute Gasteiger partial charge is 0.0619 e. The number of aromatic nitrogens is 2. The molecule has 0 unspecified atom stereocenters. The molecule has 6 aromatic carbocycles. The lowest BCUT2D eigenvalue weighted by atomic mass is 9.90. The zero-order chi connectivity index (χ0) is 30.2. The van der Waals surface area contributed by atoms with Crippen molar-refractivity contribution >= 4 is 55.5 Å². The van der Waals surface area contributed by atoms with Crippen molar-refractivity contribution in [2.75, 3.05) is 0 Å². The molecule has 2 heterocycles. The second-order valence-electron chi connectivity index (χ2n) is 12.7. The van der Waals surface area contributed by atoms with Crippen LogP contribution in [0.3, 0.4) is 0 Å². The monoisotopic (exact) mass is 588 g/mol. The molecule has 0 N–H and O–H groups in total. The summed E-state index contributed by atoms with van der Waals surface area (Å²) in [7, 11) is 0. The molecule has 46 heavy (non-hydrogen) atoms. The molecule has 0 bridgehead atoms. The minimum atomic E-state index is 1.14. The van der Waals surface area contributed by atoms with E-state index in [1.807, 2.05) is 0 Å². The van der Waals surface area contributed by atoms with Crippen molar-refractivity contribution in [3.8, 4) is 22.5 Å². The lowest BCUT2D eigenvalue weighted by Crippen LogP contribution is -2.02. The molecule has 2 heteroatoms. The van der Waals surface area contributed by atoms with E-state index < -0.39 is 0 Å². The lowest BCUT2D eigenvalue weighted by Gasteiger charge is -2.20. The molecule has 2 aromatic heterocycles. The van der Waals surface area contributed by atoms with Crippen LogP contribution >= 0.6 is 0 Å². The van der Waals surface area contributed by atoms with Gasteiger partial charge in [0.15, 0.2) is 0 Å². The van der Waals surface area contributed by atoms with Gasteiger partial charge in [0.25, 0.3) is 0 Å². The Labute approximate surface area is 268 Å². The van der Waals surface area contributed by atoms with E-state index in [0.717, 1.165) is 25.7 Å². The summed E-state index contributed by atoms with van der Waals surface area (Å²) < 4.78 is 4.98. The number of hydrogen-bond donors (Lipinski definition) is 0. The van der Waals surface area contributed by atoms with Crippen LogP contribution in [0, 0.1) is 0 Å². The highest BCUT2D eigenvalue weighted by Crippen LogP contribution is 2.44. The highest BCUT2D eigenvalue weighted by molar-refractivity contribution is 6.20. The van der Waals surface area contributed by atoms with E-state index in [4.69, 9.17) is 0 Å². The van der Waals surface area contributed by atoms with Gasteiger partial charge in [0.05, 0.1) is 16.7 Å². The zero-order valence-electron chi connectivity index (χ0n) is 25.6. The lowest BCUT2D eigenvalue weighted by molar-refractivity contribution is 0.922. The summed E-state index contributed by atoms with van der Waals surface area (Å²) >= 11 is 0. The molecule has 218 valence electrons. The highest BCUT2D eigenvalue weighted by atomic mass is 15.0. The number of hydrogen-bond acceptors (Lipinski definition) is 0. The first kappa shape index (κ1) is 25.7. The molecule has 0 atom stereocenters. The third kappa shape index (κ3) is 3.59. The van der Waals surface area contributed by atoms with Crippen LogP contribution in [0.2, 0.25) is 0 Å². The van der Waals surface area contributed by atoms with E-state index in [0.29, 0.717) is 0 Å². The first-order chi connectivity index (χ1) is 22.9. The van der Waals surface area contributed by atoms with Crippen molar-refractivity contribution in [3.05, 3.63) is 156 Å². The molecule has 0 aliphatic heterocycles. The highest BCUT2D eigenvalue weighted by Gasteiger charge is 2.24. The van der Waals surface area contributed by atoms with Crippen LogP contribution in [0.5, 0.6) is 0 Å². The van der Waals surface area contributed by atoms with Gasteiger partial charge < -0.3 is 9.13 Å². The average molecular weight is 589 g/mol. The number of allylic oxidation sites excluding steroid dienone is 2. The molecule has 0 fully saturated rings. The van der Waals surface area contributed by atoms with Gasteiger partial charge in [-0.05, 0) is 95.1 Å². The van der Waals surface area contributed by atoms with Gasteiger partial charge in [0.2, 0.25) is 0 Å². The van der Waals surface area contributed by atoms with Crippen LogP contribution < -0.4 is 0 Å². The Hall–Kier alpha value is -5.60. The van der Waals surface area contributed by atoms with Gasteiger partial charge in [-0.1, -0.05) is 109 Å².